The molecule has 5 heteroatoms. The zero-order valence-electron chi connectivity index (χ0n) is 15.0. The molecular formula is C20H26O4Si-. The maximum atomic E-state index is 9.53. The zero-order chi connectivity index (χ0) is 17.9. The van der Waals surface area contributed by atoms with Gasteiger partial charge in [-0.05, 0) is 0 Å². The first-order valence-electron chi connectivity index (χ1n) is 8.69. The third-order valence-corrected chi connectivity index (χ3v) is 9.67. The van der Waals surface area contributed by atoms with Crippen molar-refractivity contribution in [1.82, 2.24) is 0 Å². The van der Waals surface area contributed by atoms with Crippen molar-refractivity contribution in [1.29, 1.82) is 0 Å². The highest BCUT2D eigenvalue weighted by Gasteiger charge is 2.38. The molecule has 2 atom stereocenters. The Morgan fingerprint density at radius 2 is 1.48 bits per heavy atom. The Morgan fingerprint density at radius 1 is 0.960 bits per heavy atom. The number of hydrogen-bond acceptors (Lipinski definition) is 4. The van der Waals surface area contributed by atoms with Gasteiger partial charge in [0.2, 0.25) is 0 Å². The van der Waals surface area contributed by atoms with E-state index in [1.54, 1.807) is 0 Å². The topological polar surface area (TPSA) is 47.9 Å². The molecule has 0 radical (unpaired) electrons. The van der Waals surface area contributed by atoms with Crippen LogP contribution in [0.1, 0.15) is 27.2 Å². The first-order valence-corrected chi connectivity index (χ1v) is 10.6. The van der Waals surface area contributed by atoms with Gasteiger partial charge in [-0.3, -0.25) is 0 Å². The van der Waals surface area contributed by atoms with Crippen molar-refractivity contribution in [2.24, 2.45) is 0 Å². The molecule has 1 N–H and O–H groups in total. The van der Waals surface area contributed by atoms with Gasteiger partial charge in [-0.2, -0.15) is 10.4 Å². The van der Waals surface area contributed by atoms with Crippen LogP contribution in [-0.2, 0) is 14.2 Å². The van der Waals surface area contributed by atoms with Crippen LogP contribution in [0.15, 0.2) is 60.7 Å². The van der Waals surface area contributed by atoms with Crippen molar-refractivity contribution >= 4 is 18.7 Å². The van der Waals surface area contributed by atoms with Crippen molar-refractivity contribution in [3.63, 3.8) is 0 Å². The van der Waals surface area contributed by atoms with Gasteiger partial charge < -0.3 is 9.53 Å². The van der Waals surface area contributed by atoms with Crippen molar-refractivity contribution < 1.29 is 19.3 Å². The fraction of sp³-hybridized carbons (Fsp3) is 0.400. The van der Waals surface area contributed by atoms with E-state index in [-0.39, 0.29) is 11.1 Å². The lowest BCUT2D eigenvalue weighted by Gasteiger charge is -2.55. The molecule has 2 aromatic rings. The number of benzene rings is 2. The minimum atomic E-state index is -2.56. The fourth-order valence-corrected chi connectivity index (χ4v) is 8.11. The first-order chi connectivity index (χ1) is 11.9. The molecule has 0 bridgehead atoms. The summed E-state index contributed by atoms with van der Waals surface area (Å²) in [4.78, 5) is 10.0. The quantitative estimate of drug-likeness (QED) is 0.659. The maximum absolute atomic E-state index is 9.53. The van der Waals surface area contributed by atoms with Crippen LogP contribution in [0.4, 0.5) is 0 Å². The van der Waals surface area contributed by atoms with Gasteiger partial charge in [0.1, 0.15) is 6.10 Å². The molecule has 2 unspecified atom stereocenters. The molecule has 3 rings (SSSR count). The van der Waals surface area contributed by atoms with Crippen LogP contribution in [0.2, 0.25) is 5.04 Å². The Kier molecular flexibility index (Phi) is 5.41. The van der Waals surface area contributed by atoms with E-state index in [2.05, 4.69) is 69.3 Å². The molecule has 1 aliphatic heterocycles. The lowest BCUT2D eigenvalue weighted by molar-refractivity contribution is -0.334. The molecule has 25 heavy (non-hydrogen) atoms. The Morgan fingerprint density at radius 3 is 1.88 bits per heavy atom. The lowest BCUT2D eigenvalue weighted by Crippen LogP contribution is -2.67. The monoisotopic (exact) mass is 358 g/mol. The van der Waals surface area contributed by atoms with E-state index >= 15 is 0 Å². The highest BCUT2D eigenvalue weighted by Crippen LogP contribution is 2.37. The van der Waals surface area contributed by atoms with Gasteiger partial charge in [0.15, 0.2) is 6.29 Å². The van der Waals surface area contributed by atoms with Crippen molar-refractivity contribution in [2.45, 2.75) is 44.6 Å². The number of aliphatic hydroxyl groups excluding tert-OH is 1. The summed E-state index contributed by atoms with van der Waals surface area (Å²) in [6.07, 6.45) is -0.692. The standard InChI is InChI=1S/C20H26O4Si/c1-20(2,3)25(17-10-6-4-7-11-17,18-12-8-5-9-13-18)22-15-16-14-19(21)24-23-16/h4-13,16,19,21H,14-15H2,1-3H3/q-1. The molecule has 0 saturated carbocycles. The van der Waals surface area contributed by atoms with Crippen LogP contribution in [0, 0.1) is 0 Å². The van der Waals surface area contributed by atoms with E-state index < -0.39 is 14.6 Å². The second-order valence-corrected chi connectivity index (χ2v) is 11.8. The normalized spacial score (nSPS) is 21.4. The van der Waals surface area contributed by atoms with E-state index in [9.17, 15) is 5.11 Å². The molecule has 4 nitrogen and oxygen atoms in total. The van der Waals surface area contributed by atoms with Crippen LogP contribution < -0.4 is 10.4 Å². The Labute approximate surface area is 150 Å². The molecule has 1 saturated heterocycles. The average Bonchev–Trinajstić information content (AvgIpc) is 3.02. The van der Waals surface area contributed by atoms with Gasteiger partial charge in [-0.15, -0.1) is 5.04 Å². The average molecular weight is 359 g/mol. The predicted molar refractivity (Wildman–Crippen MR) is 100 cm³/mol. The van der Waals surface area contributed by atoms with Crippen LogP contribution in [-0.4, -0.2) is 32.4 Å². The minimum absolute atomic E-state index is 0.0756. The zero-order valence-corrected chi connectivity index (χ0v) is 16.0. The van der Waals surface area contributed by atoms with E-state index in [1.807, 2.05) is 12.1 Å². The molecule has 0 amide bonds. The SMILES string of the molecule is CC(C)(C)[Si-](OCC1CC(O)OO1)(c1ccccc1)c1ccccc1. The highest BCUT2D eigenvalue weighted by molar-refractivity contribution is 6.99. The summed E-state index contributed by atoms with van der Waals surface area (Å²) in [5.41, 5.74) is 0. The van der Waals surface area contributed by atoms with Gasteiger partial charge in [0.05, 0.1) is 8.32 Å². The molecule has 1 fully saturated rings. The summed E-state index contributed by atoms with van der Waals surface area (Å²) in [7, 11) is -2.56. The second-order valence-electron chi connectivity index (χ2n) is 7.48. The molecular weight excluding hydrogens is 332 g/mol. The van der Waals surface area contributed by atoms with E-state index in [1.165, 1.54) is 10.4 Å². The fourth-order valence-electron chi connectivity index (χ4n) is 3.52. The summed E-state index contributed by atoms with van der Waals surface area (Å²) in [6.45, 7) is 7.10. The van der Waals surface area contributed by atoms with Gasteiger partial charge in [0, 0.05) is 13.0 Å². The Hall–Kier alpha value is -1.50. The largest absolute Gasteiger partial charge is 0.556 e. The van der Waals surface area contributed by atoms with Gasteiger partial charge >= 0.3 is 0 Å². The summed E-state index contributed by atoms with van der Waals surface area (Å²) < 4.78 is 6.72. The van der Waals surface area contributed by atoms with E-state index in [0.717, 1.165) is 0 Å². The molecule has 0 spiro atoms. The summed E-state index contributed by atoms with van der Waals surface area (Å²) in [6, 6.07) is 20.9. The van der Waals surface area contributed by atoms with Gasteiger partial charge in [-0.25, -0.2) is 9.78 Å². The van der Waals surface area contributed by atoms with Crippen molar-refractivity contribution in [3.8, 4) is 0 Å². The van der Waals surface area contributed by atoms with E-state index in [4.69, 9.17) is 14.2 Å². The Balaban J connectivity index is 2.02. The van der Waals surface area contributed by atoms with Crippen molar-refractivity contribution in [3.05, 3.63) is 60.7 Å². The van der Waals surface area contributed by atoms with Crippen LogP contribution in [0.3, 0.4) is 0 Å². The molecule has 1 heterocycles. The first kappa shape index (κ1) is 18.3. The highest BCUT2D eigenvalue weighted by atomic mass is 28.4. The lowest BCUT2D eigenvalue weighted by atomic mass is 10.2. The predicted octanol–water partition coefficient (Wildman–Crippen LogP) is 2.60. The number of rotatable bonds is 5. The van der Waals surface area contributed by atoms with E-state index in [0.29, 0.717) is 13.0 Å². The third kappa shape index (κ3) is 3.71. The molecule has 135 valence electrons. The smallest absolute Gasteiger partial charge is 0.191 e. The Bertz CT molecular complexity index is 630. The van der Waals surface area contributed by atoms with Gasteiger partial charge in [-0.1, -0.05) is 81.4 Å². The summed E-state index contributed by atoms with van der Waals surface area (Å²) in [5.74, 6) is 0. The van der Waals surface area contributed by atoms with Crippen molar-refractivity contribution in [2.75, 3.05) is 6.61 Å². The van der Waals surface area contributed by atoms with Gasteiger partial charge in [0.25, 0.3) is 0 Å². The number of hydrogen-bond donors (Lipinski definition) is 1. The number of aliphatic hydroxyl groups is 1. The summed E-state index contributed by atoms with van der Waals surface area (Å²) >= 11 is 0. The second kappa shape index (κ2) is 7.39. The molecule has 2 aromatic carbocycles. The summed E-state index contributed by atoms with van der Waals surface area (Å²) in [5, 5.41) is 11.9. The molecule has 0 aliphatic carbocycles. The van der Waals surface area contributed by atoms with Crippen LogP contribution in [0.25, 0.3) is 0 Å². The maximum Gasteiger partial charge on any atom is 0.191 e. The van der Waals surface area contributed by atoms with Crippen LogP contribution >= 0.6 is 0 Å². The third-order valence-electron chi connectivity index (χ3n) is 4.67. The van der Waals surface area contributed by atoms with Crippen LogP contribution in [0.5, 0.6) is 0 Å². The molecule has 1 aliphatic rings. The molecule has 0 aromatic heterocycles. The minimum Gasteiger partial charge on any atom is -0.556 e.